The largest absolute Gasteiger partial charge is 0.250 e. The average molecular weight is 308 g/mol. The minimum absolute atomic E-state index is 0.0320. The maximum Gasteiger partial charge on any atom is 0.240 e. The highest BCUT2D eigenvalue weighted by Crippen LogP contribution is 2.40. The zero-order chi connectivity index (χ0) is 15.0. The molecule has 1 aromatic carbocycles. The van der Waals surface area contributed by atoms with Crippen LogP contribution >= 0.6 is 0 Å². The van der Waals surface area contributed by atoms with Gasteiger partial charge < -0.3 is 0 Å². The Kier molecular flexibility index (Phi) is 3.51. The maximum absolute atomic E-state index is 14.0. The molecular weight excluding hydrogens is 298 g/mol. The van der Waals surface area contributed by atoms with Crippen molar-refractivity contribution in [3.8, 4) is 6.07 Å². The number of alkyl halides is 1. The first kappa shape index (κ1) is 13.8. The number of benzene rings is 1. The molecule has 0 bridgehead atoms. The Hall–Kier alpha value is -2.14. The molecule has 5 nitrogen and oxygen atoms in total. The van der Waals surface area contributed by atoms with E-state index in [9.17, 15) is 13.0 Å². The van der Waals surface area contributed by atoms with Gasteiger partial charge in [-0.3, -0.25) is 0 Å². The first-order valence-corrected chi connectivity index (χ1v) is 7.54. The van der Waals surface area contributed by atoms with E-state index in [4.69, 9.17) is 5.26 Å². The highest BCUT2D eigenvalue weighted by atomic mass is 32.2. The molecule has 0 fully saturated rings. The fourth-order valence-electron chi connectivity index (χ4n) is 2.38. The second-order valence-corrected chi connectivity index (χ2v) is 5.93. The van der Waals surface area contributed by atoms with E-state index in [0.29, 0.717) is 5.56 Å². The van der Waals surface area contributed by atoms with Crippen molar-refractivity contribution in [1.29, 1.82) is 5.26 Å². The van der Waals surface area contributed by atoms with E-state index in [2.05, 4.69) is 10.1 Å². The van der Waals surface area contributed by atoms with Crippen molar-refractivity contribution in [2.75, 3.05) is 5.75 Å². The van der Waals surface area contributed by atoms with E-state index in [1.165, 1.54) is 10.7 Å². The molecule has 8 heteroatoms. The molecule has 1 aliphatic rings. The van der Waals surface area contributed by atoms with Gasteiger partial charge in [0.2, 0.25) is 5.16 Å². The third-order valence-corrected chi connectivity index (χ3v) is 4.28. The second-order valence-electron chi connectivity index (χ2n) is 4.59. The lowest BCUT2D eigenvalue weighted by atomic mass is 10.0. The molecule has 0 aliphatic carbocycles. The Bertz CT molecular complexity index is 755. The summed E-state index contributed by atoms with van der Waals surface area (Å²) in [5.41, 5.74) is 0.321. The van der Waals surface area contributed by atoms with Crippen LogP contribution in [0.3, 0.4) is 0 Å². The Morgan fingerprint density at radius 3 is 2.95 bits per heavy atom. The molecule has 21 heavy (non-hydrogen) atoms. The number of nitriles is 1. The molecule has 108 valence electrons. The predicted molar refractivity (Wildman–Crippen MR) is 69.9 cm³/mol. The summed E-state index contributed by atoms with van der Waals surface area (Å²) in [6, 6.07) is 7.21. The SMILES string of the molecule is N#CCS(=O)c1nc2n(n1)[C@H](c1ccccc1F)C[C@@H]2F. The van der Waals surface area contributed by atoms with Gasteiger partial charge in [-0.1, -0.05) is 18.2 Å². The number of hydrogen-bond acceptors (Lipinski definition) is 4. The molecule has 0 spiro atoms. The van der Waals surface area contributed by atoms with Gasteiger partial charge in [0, 0.05) is 12.0 Å². The second kappa shape index (κ2) is 5.33. The van der Waals surface area contributed by atoms with Gasteiger partial charge in [-0.25, -0.2) is 22.7 Å². The highest BCUT2D eigenvalue weighted by Gasteiger charge is 2.37. The van der Waals surface area contributed by atoms with Gasteiger partial charge in [0.25, 0.3) is 0 Å². The molecule has 1 aromatic heterocycles. The Morgan fingerprint density at radius 1 is 1.48 bits per heavy atom. The number of fused-ring (bicyclic) bond motifs is 1. The number of aromatic nitrogens is 3. The fourth-order valence-corrected chi connectivity index (χ4v) is 3.00. The first-order chi connectivity index (χ1) is 10.1. The number of rotatable bonds is 3. The summed E-state index contributed by atoms with van der Waals surface area (Å²) in [5, 5.41) is 12.5. The van der Waals surface area contributed by atoms with Crippen LogP contribution in [0.1, 0.15) is 30.0 Å². The van der Waals surface area contributed by atoms with E-state index in [1.54, 1.807) is 24.3 Å². The molecule has 0 radical (unpaired) electrons. The third kappa shape index (κ3) is 2.34. The Morgan fingerprint density at radius 2 is 2.24 bits per heavy atom. The summed E-state index contributed by atoms with van der Waals surface area (Å²) in [6.07, 6.45) is -1.35. The first-order valence-electron chi connectivity index (χ1n) is 6.22. The summed E-state index contributed by atoms with van der Waals surface area (Å²) >= 11 is 0. The molecule has 0 N–H and O–H groups in total. The summed E-state index contributed by atoms with van der Waals surface area (Å²) in [6.45, 7) is 0. The van der Waals surface area contributed by atoms with Crippen LogP contribution in [-0.4, -0.2) is 24.7 Å². The van der Waals surface area contributed by atoms with Crippen molar-refractivity contribution < 1.29 is 13.0 Å². The monoisotopic (exact) mass is 308 g/mol. The summed E-state index contributed by atoms with van der Waals surface area (Å²) < 4.78 is 40.9. The van der Waals surface area contributed by atoms with Crippen molar-refractivity contribution in [3.63, 3.8) is 0 Å². The van der Waals surface area contributed by atoms with Crippen molar-refractivity contribution in [1.82, 2.24) is 14.8 Å². The summed E-state index contributed by atoms with van der Waals surface area (Å²) in [5.74, 6) is -0.674. The van der Waals surface area contributed by atoms with Crippen LogP contribution in [0.5, 0.6) is 0 Å². The predicted octanol–water partition coefficient (Wildman–Crippen LogP) is 2.05. The molecule has 2 aromatic rings. The molecule has 3 rings (SSSR count). The van der Waals surface area contributed by atoms with E-state index < -0.39 is 28.8 Å². The lowest BCUT2D eigenvalue weighted by molar-refractivity contribution is 0.325. The van der Waals surface area contributed by atoms with E-state index in [0.717, 1.165) is 0 Å². The van der Waals surface area contributed by atoms with Gasteiger partial charge in [-0.05, 0) is 6.07 Å². The van der Waals surface area contributed by atoms with Gasteiger partial charge in [0.05, 0.1) is 12.1 Å². The fraction of sp³-hybridized carbons (Fsp3) is 0.308. The topological polar surface area (TPSA) is 71.6 Å². The molecule has 2 heterocycles. The van der Waals surface area contributed by atoms with Gasteiger partial charge in [0.1, 0.15) is 22.4 Å². The average Bonchev–Trinajstić information content (AvgIpc) is 3.01. The molecule has 1 aliphatic heterocycles. The standard InChI is InChI=1S/C13H10F2N4OS/c14-9-4-2-1-3-8(9)11-7-10(15)12-17-13(18-19(11)12)21(20)6-5-16/h1-4,10-11H,6-7H2/t10-,11-,21?/m0/s1. The molecule has 1 unspecified atom stereocenters. The minimum atomic E-state index is -1.70. The van der Waals surface area contributed by atoms with Crippen LogP contribution < -0.4 is 0 Å². The molecule has 0 saturated heterocycles. The van der Waals surface area contributed by atoms with E-state index in [1.807, 2.05) is 0 Å². The van der Waals surface area contributed by atoms with Gasteiger partial charge in [-0.15, -0.1) is 5.10 Å². The van der Waals surface area contributed by atoms with Crippen LogP contribution in [0.4, 0.5) is 8.78 Å². The quantitative estimate of drug-likeness (QED) is 0.870. The molecule has 3 atom stereocenters. The highest BCUT2D eigenvalue weighted by molar-refractivity contribution is 7.85. The number of nitrogens with zero attached hydrogens (tertiary/aromatic N) is 4. The normalized spacial score (nSPS) is 21.8. The molecular formula is C13H10F2N4OS. The third-order valence-electron chi connectivity index (χ3n) is 3.31. The molecule has 0 saturated carbocycles. The lowest BCUT2D eigenvalue weighted by Gasteiger charge is -2.12. The maximum atomic E-state index is 14.0. The summed E-state index contributed by atoms with van der Waals surface area (Å²) in [4.78, 5) is 3.90. The molecule has 0 amide bonds. The van der Waals surface area contributed by atoms with Gasteiger partial charge in [0.15, 0.2) is 12.0 Å². The van der Waals surface area contributed by atoms with E-state index in [-0.39, 0.29) is 23.2 Å². The van der Waals surface area contributed by atoms with Crippen LogP contribution in [0.15, 0.2) is 29.4 Å². The van der Waals surface area contributed by atoms with E-state index >= 15 is 0 Å². The van der Waals surface area contributed by atoms with Gasteiger partial charge >= 0.3 is 0 Å². The minimum Gasteiger partial charge on any atom is -0.250 e. The summed E-state index contributed by atoms with van der Waals surface area (Å²) in [7, 11) is -1.70. The Balaban J connectivity index is 2.02. The number of hydrogen-bond donors (Lipinski definition) is 0. The van der Waals surface area contributed by atoms with Crippen LogP contribution in [0.25, 0.3) is 0 Å². The Labute approximate surface area is 121 Å². The van der Waals surface area contributed by atoms with Crippen molar-refractivity contribution in [2.24, 2.45) is 0 Å². The smallest absolute Gasteiger partial charge is 0.240 e. The van der Waals surface area contributed by atoms with Crippen molar-refractivity contribution in [3.05, 3.63) is 41.5 Å². The van der Waals surface area contributed by atoms with Crippen LogP contribution in [0.2, 0.25) is 0 Å². The zero-order valence-corrected chi connectivity index (χ0v) is 11.6. The van der Waals surface area contributed by atoms with Gasteiger partial charge in [-0.2, -0.15) is 5.26 Å². The lowest BCUT2D eigenvalue weighted by Crippen LogP contribution is -2.10. The number of halogens is 2. The zero-order valence-electron chi connectivity index (χ0n) is 10.7. The van der Waals surface area contributed by atoms with Crippen molar-refractivity contribution >= 4 is 10.8 Å². The van der Waals surface area contributed by atoms with Crippen LogP contribution in [-0.2, 0) is 10.8 Å². The van der Waals surface area contributed by atoms with Crippen molar-refractivity contribution in [2.45, 2.75) is 23.8 Å². The van der Waals surface area contributed by atoms with Crippen LogP contribution in [0, 0.1) is 17.1 Å².